The number of amides is 1. The summed E-state index contributed by atoms with van der Waals surface area (Å²) < 4.78 is 0. The van der Waals surface area contributed by atoms with Gasteiger partial charge in [0.25, 0.3) is 0 Å². The summed E-state index contributed by atoms with van der Waals surface area (Å²) in [5.41, 5.74) is 0. The fraction of sp³-hybridized carbons (Fsp3) is 0.250. The molecule has 0 unspecified atom stereocenters. The van der Waals surface area contributed by atoms with E-state index in [1.165, 1.54) is 0 Å². The number of rotatable bonds is 2. The quantitative estimate of drug-likeness (QED) is 0.355. The molecule has 3 heteroatoms. The molecule has 40 valence electrons. The molecule has 0 aliphatic heterocycles. The smallest absolute Gasteiger partial charge is 0.245 e. The van der Waals surface area contributed by atoms with Crippen LogP contribution in [0.5, 0.6) is 0 Å². The summed E-state index contributed by atoms with van der Waals surface area (Å²) in [6, 6.07) is 0. The zero-order chi connectivity index (χ0) is 5.70. The van der Waals surface area contributed by atoms with Crippen molar-refractivity contribution in [3.8, 4) is 0 Å². The summed E-state index contributed by atoms with van der Waals surface area (Å²) in [5, 5.41) is 10.1. The summed E-state index contributed by atoms with van der Waals surface area (Å²) in [4.78, 5) is 10.0. The zero-order valence-corrected chi connectivity index (χ0v) is 3.85. The zero-order valence-electron chi connectivity index (χ0n) is 3.85. The Morgan fingerprint density at radius 3 is 2.71 bits per heavy atom. The van der Waals surface area contributed by atoms with Crippen LogP contribution in [-0.4, -0.2) is 17.7 Å². The van der Waals surface area contributed by atoms with E-state index >= 15 is 0 Å². The maximum absolute atomic E-state index is 10.0. The van der Waals surface area contributed by atoms with E-state index in [9.17, 15) is 4.79 Å². The van der Waals surface area contributed by atoms with Gasteiger partial charge in [0.15, 0.2) is 0 Å². The van der Waals surface area contributed by atoms with Crippen LogP contribution in [0.4, 0.5) is 0 Å². The Balaban J connectivity index is 3.17. The number of nitrogens with one attached hydrogen (secondary N) is 1. The molecular formula is C4H7NO2. The summed E-state index contributed by atoms with van der Waals surface area (Å²) in [6.07, 6.45) is 1.09. The lowest BCUT2D eigenvalue weighted by molar-refractivity contribution is -0.117. The molecule has 1 amide bonds. The average Bonchev–Trinajstić information content (AvgIpc) is 1.68. The second-order valence-corrected chi connectivity index (χ2v) is 0.903. The van der Waals surface area contributed by atoms with Gasteiger partial charge >= 0.3 is 0 Å². The molecule has 0 bridgehead atoms. The molecule has 0 aromatic carbocycles. The van der Waals surface area contributed by atoms with Gasteiger partial charge in [-0.1, -0.05) is 6.58 Å². The van der Waals surface area contributed by atoms with Crippen molar-refractivity contribution in [1.29, 1.82) is 0 Å². The number of aliphatic hydroxyl groups excluding tert-OH is 1. The third-order valence-electron chi connectivity index (χ3n) is 0.439. The Labute approximate surface area is 41.7 Å². The Hall–Kier alpha value is -0.830. The minimum atomic E-state index is -0.359. The van der Waals surface area contributed by atoms with Crippen molar-refractivity contribution in [2.75, 3.05) is 6.73 Å². The molecule has 0 aliphatic rings. The highest BCUT2D eigenvalue weighted by atomic mass is 16.3. The van der Waals surface area contributed by atoms with Gasteiger partial charge in [0.1, 0.15) is 6.73 Å². The van der Waals surface area contributed by atoms with Crippen LogP contribution in [0, 0.1) is 0 Å². The molecule has 0 fully saturated rings. The summed E-state index contributed by atoms with van der Waals surface area (Å²) in [6.45, 7) is 2.83. The normalized spacial score (nSPS) is 7.57. The standard InChI is InChI=1S/C4H7NO2/c1-2-4(7)5-3-6/h2,6H,1,3H2,(H,5,7). The molecule has 0 heterocycles. The fourth-order valence-corrected chi connectivity index (χ4v) is 0.150. The fourth-order valence-electron chi connectivity index (χ4n) is 0.150. The molecule has 0 spiro atoms. The minimum Gasteiger partial charge on any atom is -0.376 e. The van der Waals surface area contributed by atoms with Gasteiger partial charge in [-0.3, -0.25) is 4.79 Å². The van der Waals surface area contributed by atoms with Gasteiger partial charge in [-0.05, 0) is 6.08 Å². The molecule has 0 saturated heterocycles. The van der Waals surface area contributed by atoms with Crippen LogP contribution >= 0.6 is 0 Å². The third-order valence-corrected chi connectivity index (χ3v) is 0.439. The predicted molar refractivity (Wildman–Crippen MR) is 25.4 cm³/mol. The number of carbonyl (C=O) groups excluding carboxylic acids is 1. The highest BCUT2D eigenvalue weighted by Gasteiger charge is 1.84. The van der Waals surface area contributed by atoms with Gasteiger partial charge in [-0.25, -0.2) is 0 Å². The van der Waals surface area contributed by atoms with Crippen molar-refractivity contribution in [1.82, 2.24) is 5.32 Å². The van der Waals surface area contributed by atoms with Crippen molar-refractivity contribution in [3.63, 3.8) is 0 Å². The molecule has 0 radical (unpaired) electrons. The molecule has 0 aliphatic carbocycles. The Morgan fingerprint density at radius 1 is 2.00 bits per heavy atom. The first-order chi connectivity index (χ1) is 3.31. The van der Waals surface area contributed by atoms with E-state index in [-0.39, 0.29) is 12.6 Å². The highest BCUT2D eigenvalue weighted by Crippen LogP contribution is 1.59. The molecule has 0 aromatic heterocycles. The van der Waals surface area contributed by atoms with Crippen LogP contribution in [-0.2, 0) is 4.79 Å². The summed E-state index contributed by atoms with van der Waals surface area (Å²) >= 11 is 0. The van der Waals surface area contributed by atoms with Crippen LogP contribution < -0.4 is 5.32 Å². The van der Waals surface area contributed by atoms with E-state index in [0.29, 0.717) is 0 Å². The van der Waals surface area contributed by atoms with E-state index in [2.05, 4.69) is 11.9 Å². The average molecular weight is 101 g/mol. The van der Waals surface area contributed by atoms with Crippen molar-refractivity contribution >= 4 is 5.91 Å². The molecule has 0 atom stereocenters. The molecular weight excluding hydrogens is 94.0 g/mol. The van der Waals surface area contributed by atoms with Gasteiger partial charge in [0, 0.05) is 0 Å². The molecule has 3 nitrogen and oxygen atoms in total. The molecule has 0 rings (SSSR count). The van der Waals surface area contributed by atoms with E-state index in [1.54, 1.807) is 0 Å². The van der Waals surface area contributed by atoms with Gasteiger partial charge < -0.3 is 10.4 Å². The van der Waals surface area contributed by atoms with Crippen molar-refractivity contribution in [3.05, 3.63) is 12.7 Å². The van der Waals surface area contributed by atoms with Crippen LogP contribution in [0.15, 0.2) is 12.7 Å². The highest BCUT2D eigenvalue weighted by molar-refractivity contribution is 5.86. The maximum Gasteiger partial charge on any atom is 0.245 e. The first kappa shape index (κ1) is 6.17. The number of hydrogen-bond donors (Lipinski definition) is 2. The number of carbonyl (C=O) groups is 1. The SMILES string of the molecule is C=CC(=O)NCO. The van der Waals surface area contributed by atoms with E-state index in [4.69, 9.17) is 5.11 Å². The second kappa shape index (κ2) is 3.36. The first-order valence-corrected chi connectivity index (χ1v) is 1.82. The molecule has 7 heavy (non-hydrogen) atoms. The second-order valence-electron chi connectivity index (χ2n) is 0.903. The van der Waals surface area contributed by atoms with Crippen LogP contribution in [0.2, 0.25) is 0 Å². The number of hydrogen-bond acceptors (Lipinski definition) is 2. The van der Waals surface area contributed by atoms with Gasteiger partial charge in [-0.2, -0.15) is 0 Å². The lowest BCUT2D eigenvalue weighted by atomic mass is 10.6. The topological polar surface area (TPSA) is 49.3 Å². The monoisotopic (exact) mass is 101 g/mol. The maximum atomic E-state index is 10.0. The van der Waals surface area contributed by atoms with Crippen molar-refractivity contribution in [2.24, 2.45) is 0 Å². The Kier molecular flexibility index (Phi) is 2.96. The van der Waals surface area contributed by atoms with E-state index < -0.39 is 0 Å². The first-order valence-electron chi connectivity index (χ1n) is 1.82. The third kappa shape index (κ3) is 2.99. The van der Waals surface area contributed by atoms with Gasteiger partial charge in [-0.15, -0.1) is 0 Å². The molecule has 2 N–H and O–H groups in total. The summed E-state index contributed by atoms with van der Waals surface area (Å²) in [5.74, 6) is -0.359. The van der Waals surface area contributed by atoms with Crippen molar-refractivity contribution < 1.29 is 9.90 Å². The molecule has 0 saturated carbocycles. The number of aliphatic hydroxyl groups is 1. The predicted octanol–water partition coefficient (Wildman–Crippen LogP) is -0.762. The van der Waals surface area contributed by atoms with Gasteiger partial charge in [0.05, 0.1) is 0 Å². The van der Waals surface area contributed by atoms with Crippen LogP contribution in [0.3, 0.4) is 0 Å². The largest absolute Gasteiger partial charge is 0.376 e. The summed E-state index contributed by atoms with van der Waals surface area (Å²) in [7, 11) is 0. The Bertz CT molecular complexity index is 79.8. The van der Waals surface area contributed by atoms with E-state index in [1.807, 2.05) is 0 Å². The molecule has 0 aromatic rings. The lowest BCUT2D eigenvalue weighted by Gasteiger charge is -1.89. The minimum absolute atomic E-state index is 0.329. The van der Waals surface area contributed by atoms with Crippen LogP contribution in [0.25, 0.3) is 0 Å². The lowest BCUT2D eigenvalue weighted by Crippen LogP contribution is -2.20. The van der Waals surface area contributed by atoms with E-state index in [0.717, 1.165) is 6.08 Å². The van der Waals surface area contributed by atoms with Crippen molar-refractivity contribution in [2.45, 2.75) is 0 Å². The van der Waals surface area contributed by atoms with Gasteiger partial charge in [0.2, 0.25) is 5.91 Å². The van der Waals surface area contributed by atoms with Crippen LogP contribution in [0.1, 0.15) is 0 Å². The Morgan fingerprint density at radius 2 is 2.57 bits per heavy atom.